The monoisotopic (exact) mass is 491 g/mol. The molecule has 1 heterocycles. The van der Waals surface area contributed by atoms with E-state index in [-0.39, 0.29) is 49.2 Å². The highest BCUT2D eigenvalue weighted by Crippen LogP contribution is 2.18. The lowest BCUT2D eigenvalue weighted by Gasteiger charge is -2.35. The summed E-state index contributed by atoms with van der Waals surface area (Å²) in [6.07, 6.45) is 0.776. The van der Waals surface area contributed by atoms with Crippen LogP contribution in [0.15, 0.2) is 24.3 Å². The van der Waals surface area contributed by atoms with Crippen molar-refractivity contribution in [3.63, 3.8) is 0 Å². The van der Waals surface area contributed by atoms with Crippen LogP contribution in [0.5, 0.6) is 0 Å². The highest BCUT2D eigenvalue weighted by molar-refractivity contribution is 5.95. The summed E-state index contributed by atoms with van der Waals surface area (Å²) in [5.74, 6) is -1.28. The minimum absolute atomic E-state index is 0.00261. The lowest BCUT2D eigenvalue weighted by Crippen LogP contribution is -2.54. The second-order valence-electron chi connectivity index (χ2n) is 8.62. The molecule has 5 N–H and O–H groups in total. The van der Waals surface area contributed by atoms with Crippen molar-refractivity contribution in [3.8, 4) is 0 Å². The van der Waals surface area contributed by atoms with Crippen molar-refractivity contribution in [2.24, 2.45) is 11.7 Å². The number of carbonyl (C=O) groups excluding carboxylic acids is 3. The van der Waals surface area contributed by atoms with Crippen LogP contribution < -0.4 is 16.0 Å². The van der Waals surface area contributed by atoms with Crippen LogP contribution in [-0.4, -0.2) is 78.4 Å². The van der Waals surface area contributed by atoms with Crippen molar-refractivity contribution in [1.82, 2.24) is 10.2 Å². The summed E-state index contributed by atoms with van der Waals surface area (Å²) in [5, 5.41) is 17.8. The fraction of sp³-hybridized carbons (Fsp3) is 0.542. The van der Waals surface area contributed by atoms with E-state index in [2.05, 4.69) is 5.32 Å². The molecule has 11 heteroatoms. The molecule has 1 aliphatic heterocycles. The molecule has 0 radical (unpaired) electrons. The quantitative estimate of drug-likeness (QED) is 0.215. The minimum atomic E-state index is -0.833. The molecule has 1 aliphatic rings. The number of carbonyl (C=O) groups is 4. The van der Waals surface area contributed by atoms with Crippen molar-refractivity contribution < 1.29 is 29.0 Å². The van der Waals surface area contributed by atoms with E-state index in [1.54, 1.807) is 19.1 Å². The minimum Gasteiger partial charge on any atom is -0.481 e. The van der Waals surface area contributed by atoms with E-state index in [9.17, 15) is 14.4 Å². The first-order valence-electron chi connectivity index (χ1n) is 11.5. The van der Waals surface area contributed by atoms with Gasteiger partial charge in [0.15, 0.2) is 0 Å². The van der Waals surface area contributed by atoms with Crippen molar-refractivity contribution in [3.05, 3.63) is 29.8 Å². The molecule has 0 spiro atoms. The Kier molecular flexibility index (Phi) is 12.3. The predicted molar refractivity (Wildman–Crippen MR) is 132 cm³/mol. The first-order chi connectivity index (χ1) is 16.4. The standard InChI is InChI=1S/C22H33N5O4.C2H4O2/c1-4-31-21(30)12-17(11-15(2)3)25-19(28)13-27-10-9-26(14-20(27)29)18-7-5-16(6-8-18)22(23)24;1-2(3)4/h5-8,15,17H,4,9-14H2,1-3H3,(H3,23,24)(H,25,28);1H3,(H,3,4). The van der Waals surface area contributed by atoms with Crippen molar-refractivity contribution in [1.29, 1.82) is 5.41 Å². The van der Waals surface area contributed by atoms with Crippen LogP contribution in [0.2, 0.25) is 0 Å². The van der Waals surface area contributed by atoms with Crippen LogP contribution in [0.1, 0.15) is 46.1 Å². The SMILES string of the molecule is CC(=O)O.CCOC(=O)CC(CC(C)C)NC(=O)CN1CCN(c2ccc(C(=N)N)cc2)CC1=O. The summed E-state index contributed by atoms with van der Waals surface area (Å²) in [5.41, 5.74) is 6.97. The van der Waals surface area contributed by atoms with E-state index < -0.39 is 5.97 Å². The summed E-state index contributed by atoms with van der Waals surface area (Å²) in [4.78, 5) is 49.4. The fourth-order valence-corrected chi connectivity index (χ4v) is 3.58. The molecule has 0 saturated carbocycles. The number of anilines is 1. The zero-order chi connectivity index (χ0) is 26.5. The maximum absolute atomic E-state index is 12.6. The molecular formula is C24H37N5O6. The molecule has 1 aromatic rings. The van der Waals surface area contributed by atoms with Gasteiger partial charge in [-0.3, -0.25) is 24.6 Å². The van der Waals surface area contributed by atoms with E-state index in [0.717, 1.165) is 12.6 Å². The number of carboxylic acids is 1. The molecule has 1 aromatic carbocycles. The van der Waals surface area contributed by atoms with Crippen LogP contribution in [-0.2, 0) is 23.9 Å². The van der Waals surface area contributed by atoms with Gasteiger partial charge in [0.25, 0.3) is 5.97 Å². The van der Waals surface area contributed by atoms with Gasteiger partial charge in [-0.25, -0.2) is 0 Å². The van der Waals surface area contributed by atoms with Gasteiger partial charge in [0.2, 0.25) is 11.8 Å². The lowest BCUT2D eigenvalue weighted by atomic mass is 10.0. The van der Waals surface area contributed by atoms with Gasteiger partial charge in [0.05, 0.1) is 26.1 Å². The van der Waals surface area contributed by atoms with Crippen molar-refractivity contribution >= 4 is 35.3 Å². The predicted octanol–water partition coefficient (Wildman–Crippen LogP) is 1.19. The molecule has 11 nitrogen and oxygen atoms in total. The third-order valence-electron chi connectivity index (χ3n) is 5.04. The summed E-state index contributed by atoms with van der Waals surface area (Å²) in [6, 6.07) is 6.85. The number of nitrogens with zero attached hydrogens (tertiary/aromatic N) is 2. The van der Waals surface area contributed by atoms with Crippen LogP contribution >= 0.6 is 0 Å². The smallest absolute Gasteiger partial charge is 0.307 e. The number of amidine groups is 1. The molecule has 1 atom stereocenters. The highest BCUT2D eigenvalue weighted by Gasteiger charge is 2.27. The van der Waals surface area contributed by atoms with E-state index in [1.165, 1.54) is 4.90 Å². The fourth-order valence-electron chi connectivity index (χ4n) is 3.58. The Morgan fingerprint density at radius 1 is 1.20 bits per heavy atom. The molecule has 1 saturated heterocycles. The molecule has 194 valence electrons. The molecule has 35 heavy (non-hydrogen) atoms. The second-order valence-corrected chi connectivity index (χ2v) is 8.62. The molecule has 2 amide bonds. The first kappa shape index (κ1) is 29.4. The van der Waals surface area contributed by atoms with Gasteiger partial charge in [-0.2, -0.15) is 0 Å². The number of piperazine rings is 1. The van der Waals surface area contributed by atoms with E-state index in [0.29, 0.717) is 37.6 Å². The summed E-state index contributed by atoms with van der Waals surface area (Å²) >= 11 is 0. The Balaban J connectivity index is 0.00000142. The maximum atomic E-state index is 12.6. The van der Waals surface area contributed by atoms with E-state index >= 15 is 0 Å². The Hall–Kier alpha value is -3.63. The largest absolute Gasteiger partial charge is 0.481 e. The number of benzene rings is 1. The average molecular weight is 492 g/mol. The van der Waals surface area contributed by atoms with Gasteiger partial charge in [-0.05, 0) is 43.5 Å². The Bertz CT molecular complexity index is 883. The van der Waals surface area contributed by atoms with E-state index in [4.69, 9.17) is 25.8 Å². The maximum Gasteiger partial charge on any atom is 0.307 e. The second kappa shape index (κ2) is 14.6. The number of aliphatic carboxylic acids is 1. The van der Waals surface area contributed by atoms with Crippen LogP contribution in [0.3, 0.4) is 0 Å². The summed E-state index contributed by atoms with van der Waals surface area (Å²) in [7, 11) is 0. The summed E-state index contributed by atoms with van der Waals surface area (Å²) < 4.78 is 5.00. The molecule has 0 bridgehead atoms. The van der Waals surface area contributed by atoms with Gasteiger partial charge >= 0.3 is 5.97 Å². The molecule has 1 unspecified atom stereocenters. The zero-order valence-corrected chi connectivity index (χ0v) is 20.9. The van der Waals surface area contributed by atoms with Gasteiger partial charge < -0.3 is 30.7 Å². The van der Waals surface area contributed by atoms with Crippen LogP contribution in [0.4, 0.5) is 5.69 Å². The number of esters is 1. The van der Waals surface area contributed by atoms with Crippen LogP contribution in [0.25, 0.3) is 0 Å². The van der Waals surface area contributed by atoms with Crippen LogP contribution in [0, 0.1) is 11.3 Å². The molecule has 1 fully saturated rings. The number of nitrogens with one attached hydrogen (secondary N) is 2. The topological polar surface area (TPSA) is 166 Å². The summed E-state index contributed by atoms with van der Waals surface area (Å²) in [6.45, 7) is 8.34. The van der Waals surface area contributed by atoms with E-state index in [1.807, 2.05) is 30.9 Å². The van der Waals surface area contributed by atoms with Gasteiger partial charge in [0, 0.05) is 37.3 Å². The normalized spacial score (nSPS) is 14.0. The third kappa shape index (κ3) is 11.4. The Labute approximate surface area is 206 Å². The molecular weight excluding hydrogens is 454 g/mol. The van der Waals surface area contributed by atoms with Crippen molar-refractivity contribution in [2.45, 2.75) is 46.6 Å². The van der Waals surface area contributed by atoms with Gasteiger partial charge in [-0.1, -0.05) is 13.8 Å². The van der Waals surface area contributed by atoms with Crippen molar-refractivity contribution in [2.75, 3.05) is 37.7 Å². The third-order valence-corrected chi connectivity index (χ3v) is 5.04. The number of ether oxygens (including phenoxy) is 1. The van der Waals surface area contributed by atoms with Gasteiger partial charge in [0.1, 0.15) is 5.84 Å². The molecule has 0 aromatic heterocycles. The number of carboxylic acid groups (broad SMARTS) is 1. The molecule has 2 rings (SSSR count). The average Bonchev–Trinajstić information content (AvgIpc) is 2.74. The molecule has 0 aliphatic carbocycles. The number of rotatable bonds is 10. The Morgan fingerprint density at radius 2 is 1.80 bits per heavy atom. The zero-order valence-electron chi connectivity index (χ0n) is 20.9. The van der Waals surface area contributed by atoms with Gasteiger partial charge in [-0.15, -0.1) is 0 Å². The first-order valence-corrected chi connectivity index (χ1v) is 11.5. The highest BCUT2D eigenvalue weighted by atomic mass is 16.5. The number of amides is 2. The number of nitrogens with two attached hydrogens (primary N) is 1. The number of nitrogen functional groups attached to an aromatic ring is 1. The Morgan fingerprint density at radius 3 is 2.29 bits per heavy atom. The number of hydrogen-bond acceptors (Lipinski definition) is 7. The lowest BCUT2D eigenvalue weighted by molar-refractivity contribution is -0.144. The number of hydrogen-bond donors (Lipinski definition) is 4.